The van der Waals surface area contributed by atoms with Gasteiger partial charge in [0, 0.05) is 17.5 Å². The van der Waals surface area contributed by atoms with Gasteiger partial charge in [-0.25, -0.2) is 0 Å². The quantitative estimate of drug-likeness (QED) is 0.901. The summed E-state index contributed by atoms with van der Waals surface area (Å²) in [5.74, 6) is 0.838. The Morgan fingerprint density at radius 2 is 1.89 bits per heavy atom. The molecular weight excluding hydrogens is 226 g/mol. The maximum atomic E-state index is 10.3. The summed E-state index contributed by atoms with van der Waals surface area (Å²) in [5.41, 5.74) is 1.18. The SMILES string of the molecule is COc1ccc2cc(C(C)(C)O)n(C(C)C)c2c1. The molecule has 3 nitrogen and oxygen atoms in total. The van der Waals surface area contributed by atoms with Gasteiger partial charge in [0.25, 0.3) is 0 Å². The third-order valence-corrected chi connectivity index (χ3v) is 3.19. The van der Waals surface area contributed by atoms with Gasteiger partial charge in [-0.2, -0.15) is 0 Å². The number of hydrogen-bond donors (Lipinski definition) is 1. The van der Waals surface area contributed by atoms with Crippen molar-refractivity contribution in [3.05, 3.63) is 30.0 Å². The number of ether oxygens (including phenoxy) is 1. The summed E-state index contributed by atoms with van der Waals surface area (Å²) in [4.78, 5) is 0. The molecule has 0 fully saturated rings. The van der Waals surface area contributed by atoms with Gasteiger partial charge in [-0.3, -0.25) is 0 Å². The van der Waals surface area contributed by atoms with E-state index in [1.54, 1.807) is 7.11 Å². The van der Waals surface area contributed by atoms with Crippen molar-refractivity contribution in [2.45, 2.75) is 39.3 Å². The maximum Gasteiger partial charge on any atom is 0.120 e. The Labute approximate surface area is 108 Å². The average molecular weight is 247 g/mol. The van der Waals surface area contributed by atoms with Crippen molar-refractivity contribution in [2.75, 3.05) is 7.11 Å². The number of fused-ring (bicyclic) bond motifs is 1. The summed E-state index contributed by atoms with van der Waals surface area (Å²) in [5, 5.41) is 11.4. The largest absolute Gasteiger partial charge is 0.497 e. The van der Waals surface area contributed by atoms with E-state index < -0.39 is 5.60 Å². The first-order chi connectivity index (χ1) is 8.34. The van der Waals surface area contributed by atoms with Crippen LogP contribution in [0.25, 0.3) is 10.9 Å². The van der Waals surface area contributed by atoms with E-state index in [0.717, 1.165) is 22.3 Å². The van der Waals surface area contributed by atoms with E-state index in [4.69, 9.17) is 4.74 Å². The van der Waals surface area contributed by atoms with Crippen LogP contribution in [0.1, 0.15) is 39.4 Å². The van der Waals surface area contributed by atoms with Crippen LogP contribution in [-0.2, 0) is 5.60 Å². The summed E-state index contributed by atoms with van der Waals surface area (Å²) in [7, 11) is 1.67. The summed E-state index contributed by atoms with van der Waals surface area (Å²) in [6.07, 6.45) is 0. The van der Waals surface area contributed by atoms with E-state index >= 15 is 0 Å². The van der Waals surface area contributed by atoms with Gasteiger partial charge in [-0.15, -0.1) is 0 Å². The summed E-state index contributed by atoms with van der Waals surface area (Å²) >= 11 is 0. The van der Waals surface area contributed by atoms with Gasteiger partial charge < -0.3 is 14.4 Å². The first kappa shape index (κ1) is 13.0. The summed E-state index contributed by atoms with van der Waals surface area (Å²) in [6.45, 7) is 7.87. The minimum Gasteiger partial charge on any atom is -0.497 e. The van der Waals surface area contributed by atoms with Gasteiger partial charge in [0.15, 0.2) is 0 Å². The van der Waals surface area contributed by atoms with Crippen LogP contribution < -0.4 is 4.74 Å². The van der Waals surface area contributed by atoms with Crippen molar-refractivity contribution < 1.29 is 9.84 Å². The molecule has 0 aliphatic rings. The lowest BCUT2D eigenvalue weighted by Crippen LogP contribution is -2.21. The van der Waals surface area contributed by atoms with Crippen molar-refractivity contribution in [2.24, 2.45) is 0 Å². The Hall–Kier alpha value is -1.48. The fraction of sp³-hybridized carbons (Fsp3) is 0.467. The number of methoxy groups -OCH3 is 1. The van der Waals surface area contributed by atoms with Crippen LogP contribution in [0.3, 0.4) is 0 Å². The number of benzene rings is 1. The Balaban J connectivity index is 2.77. The van der Waals surface area contributed by atoms with E-state index in [2.05, 4.69) is 24.5 Å². The van der Waals surface area contributed by atoms with Crippen molar-refractivity contribution in [3.8, 4) is 5.75 Å². The predicted octanol–water partition coefficient (Wildman–Crippen LogP) is 3.46. The fourth-order valence-corrected chi connectivity index (χ4v) is 2.36. The molecule has 1 heterocycles. The minimum atomic E-state index is -0.851. The lowest BCUT2D eigenvalue weighted by atomic mass is 10.1. The summed E-state index contributed by atoms with van der Waals surface area (Å²) < 4.78 is 7.44. The molecule has 2 aromatic rings. The van der Waals surface area contributed by atoms with Crippen LogP contribution in [0.2, 0.25) is 0 Å². The first-order valence-corrected chi connectivity index (χ1v) is 6.26. The standard InChI is InChI=1S/C15H21NO2/c1-10(2)16-13-9-12(18-5)7-6-11(13)8-14(16)15(3,4)17/h6-10,17H,1-5H3. The highest BCUT2D eigenvalue weighted by molar-refractivity contribution is 5.83. The van der Waals surface area contributed by atoms with E-state index in [0.29, 0.717) is 0 Å². The predicted molar refractivity (Wildman–Crippen MR) is 74.1 cm³/mol. The molecule has 18 heavy (non-hydrogen) atoms. The molecule has 0 aliphatic carbocycles. The van der Waals surface area contributed by atoms with Crippen molar-refractivity contribution in [3.63, 3.8) is 0 Å². The average Bonchev–Trinajstić information content (AvgIpc) is 2.66. The Kier molecular flexibility index (Phi) is 3.11. The highest BCUT2D eigenvalue weighted by Gasteiger charge is 2.24. The van der Waals surface area contributed by atoms with Gasteiger partial charge in [-0.1, -0.05) is 0 Å². The molecule has 0 saturated heterocycles. The lowest BCUT2D eigenvalue weighted by Gasteiger charge is -2.23. The van der Waals surface area contributed by atoms with Crippen LogP contribution in [0.15, 0.2) is 24.3 Å². The van der Waals surface area contributed by atoms with Crippen molar-refractivity contribution >= 4 is 10.9 Å². The van der Waals surface area contributed by atoms with Crippen LogP contribution >= 0.6 is 0 Å². The molecule has 0 unspecified atom stereocenters. The molecule has 0 bridgehead atoms. The number of aliphatic hydroxyl groups is 1. The second-order valence-electron chi connectivity index (χ2n) is 5.48. The van der Waals surface area contributed by atoms with Crippen LogP contribution in [0.5, 0.6) is 5.75 Å². The lowest BCUT2D eigenvalue weighted by molar-refractivity contribution is 0.0691. The van der Waals surface area contributed by atoms with Crippen LogP contribution in [-0.4, -0.2) is 16.8 Å². The van der Waals surface area contributed by atoms with Crippen LogP contribution in [0.4, 0.5) is 0 Å². The Morgan fingerprint density at radius 1 is 1.22 bits per heavy atom. The number of rotatable bonds is 3. The topological polar surface area (TPSA) is 34.4 Å². The minimum absolute atomic E-state index is 0.288. The molecule has 0 spiro atoms. The summed E-state index contributed by atoms with van der Waals surface area (Å²) in [6, 6.07) is 8.33. The van der Waals surface area contributed by atoms with E-state index in [1.165, 1.54) is 0 Å². The maximum absolute atomic E-state index is 10.3. The smallest absolute Gasteiger partial charge is 0.120 e. The van der Waals surface area contributed by atoms with E-state index in [9.17, 15) is 5.11 Å². The molecule has 1 aromatic carbocycles. The van der Waals surface area contributed by atoms with Gasteiger partial charge in [0.2, 0.25) is 0 Å². The zero-order valence-corrected chi connectivity index (χ0v) is 11.7. The zero-order valence-electron chi connectivity index (χ0n) is 11.7. The molecule has 0 amide bonds. The monoisotopic (exact) mass is 247 g/mol. The fourth-order valence-electron chi connectivity index (χ4n) is 2.36. The molecule has 0 atom stereocenters. The van der Waals surface area contributed by atoms with Gasteiger partial charge in [-0.05, 0) is 45.9 Å². The number of nitrogens with zero attached hydrogens (tertiary/aromatic N) is 1. The molecule has 1 N–H and O–H groups in total. The molecule has 2 rings (SSSR count). The van der Waals surface area contributed by atoms with E-state index in [-0.39, 0.29) is 6.04 Å². The zero-order chi connectivity index (χ0) is 13.5. The van der Waals surface area contributed by atoms with Crippen molar-refractivity contribution in [1.82, 2.24) is 4.57 Å². The third-order valence-electron chi connectivity index (χ3n) is 3.19. The molecule has 0 radical (unpaired) electrons. The van der Waals surface area contributed by atoms with Gasteiger partial charge >= 0.3 is 0 Å². The number of aromatic nitrogens is 1. The Morgan fingerprint density at radius 3 is 2.39 bits per heavy atom. The highest BCUT2D eigenvalue weighted by Crippen LogP contribution is 2.32. The normalized spacial score (nSPS) is 12.4. The number of hydrogen-bond acceptors (Lipinski definition) is 2. The van der Waals surface area contributed by atoms with Gasteiger partial charge in [0.1, 0.15) is 5.75 Å². The highest BCUT2D eigenvalue weighted by atomic mass is 16.5. The molecule has 1 aromatic heterocycles. The molecule has 0 aliphatic heterocycles. The van der Waals surface area contributed by atoms with Crippen LogP contribution in [0, 0.1) is 0 Å². The molecule has 3 heteroatoms. The van der Waals surface area contributed by atoms with Crippen molar-refractivity contribution in [1.29, 1.82) is 0 Å². The first-order valence-electron chi connectivity index (χ1n) is 6.26. The third kappa shape index (κ3) is 2.10. The van der Waals surface area contributed by atoms with E-state index in [1.807, 2.05) is 32.0 Å². The van der Waals surface area contributed by atoms with Gasteiger partial charge in [0.05, 0.1) is 23.9 Å². The second kappa shape index (κ2) is 4.32. The molecule has 98 valence electrons. The molecule has 0 saturated carbocycles. The Bertz CT molecular complexity index is 562. The molecular formula is C15H21NO2. The second-order valence-corrected chi connectivity index (χ2v) is 5.48.